The van der Waals surface area contributed by atoms with Gasteiger partial charge in [0.2, 0.25) is 0 Å². The number of nitrogens with one attached hydrogen (secondary N) is 2. The average Bonchev–Trinajstić information content (AvgIpc) is 3.25. The second-order valence-corrected chi connectivity index (χ2v) is 7.95. The van der Waals surface area contributed by atoms with E-state index in [0.29, 0.717) is 10.8 Å². The summed E-state index contributed by atoms with van der Waals surface area (Å²) in [5, 5.41) is 7.02. The fourth-order valence-corrected chi connectivity index (χ4v) is 3.92. The summed E-state index contributed by atoms with van der Waals surface area (Å²) >= 11 is 0. The van der Waals surface area contributed by atoms with Gasteiger partial charge in [0, 0.05) is 46.6 Å². The van der Waals surface area contributed by atoms with Crippen molar-refractivity contribution < 1.29 is 9.47 Å². The smallest absolute Gasteiger partial charge is 0.191 e. The second kappa shape index (κ2) is 10.4. The third-order valence-electron chi connectivity index (χ3n) is 5.99. The van der Waals surface area contributed by atoms with Gasteiger partial charge < -0.3 is 20.1 Å². The lowest BCUT2D eigenvalue weighted by molar-refractivity contribution is 0.107. The number of aliphatic imine (C=N–C) groups is 1. The molecule has 2 fully saturated rings. The normalized spacial score (nSPS) is 21.3. The molecule has 0 atom stereocenters. The van der Waals surface area contributed by atoms with E-state index in [4.69, 9.17) is 14.5 Å². The average molecular weight is 354 g/mol. The number of guanidine groups is 1. The third kappa shape index (κ3) is 6.78. The Morgan fingerprint density at radius 1 is 0.960 bits per heavy atom. The van der Waals surface area contributed by atoms with E-state index in [9.17, 15) is 0 Å². The number of ether oxygens (including phenoxy) is 2. The van der Waals surface area contributed by atoms with Crippen LogP contribution >= 0.6 is 0 Å². The van der Waals surface area contributed by atoms with Crippen molar-refractivity contribution in [2.24, 2.45) is 15.8 Å². The highest BCUT2D eigenvalue weighted by Crippen LogP contribution is 2.48. The number of nitrogens with zero attached hydrogens (tertiary/aromatic N) is 1. The van der Waals surface area contributed by atoms with Gasteiger partial charge in [-0.3, -0.25) is 4.99 Å². The van der Waals surface area contributed by atoms with Crippen LogP contribution in [0.2, 0.25) is 0 Å². The molecule has 2 aliphatic rings. The lowest BCUT2D eigenvalue weighted by Crippen LogP contribution is -2.41. The molecule has 0 saturated heterocycles. The standard InChI is InChI=1S/C20H39N3O2/c1-4-21-18(23-17-20(10-11-20)12-14-24-3)22-16-19(8-6-7-9-19)13-15-25-5-2/h4-17H2,1-3H3,(H2,21,22,23). The van der Waals surface area contributed by atoms with Crippen molar-refractivity contribution in [3.05, 3.63) is 0 Å². The first-order chi connectivity index (χ1) is 12.2. The predicted octanol–water partition coefficient (Wildman–Crippen LogP) is 3.35. The molecule has 0 aliphatic heterocycles. The number of rotatable bonds is 12. The summed E-state index contributed by atoms with van der Waals surface area (Å²) in [6.07, 6.45) is 10.2. The lowest BCUT2D eigenvalue weighted by Gasteiger charge is -2.27. The van der Waals surface area contributed by atoms with E-state index in [1.165, 1.54) is 38.5 Å². The fraction of sp³-hybridized carbons (Fsp3) is 0.950. The van der Waals surface area contributed by atoms with E-state index in [2.05, 4.69) is 24.5 Å². The van der Waals surface area contributed by atoms with Crippen LogP contribution < -0.4 is 10.6 Å². The van der Waals surface area contributed by atoms with Crippen molar-refractivity contribution in [3.8, 4) is 0 Å². The van der Waals surface area contributed by atoms with Crippen LogP contribution in [0.15, 0.2) is 4.99 Å². The van der Waals surface area contributed by atoms with Gasteiger partial charge in [-0.2, -0.15) is 0 Å². The Morgan fingerprint density at radius 3 is 2.28 bits per heavy atom. The summed E-state index contributed by atoms with van der Waals surface area (Å²) in [5.41, 5.74) is 0.789. The molecule has 5 nitrogen and oxygen atoms in total. The van der Waals surface area contributed by atoms with Crippen LogP contribution in [-0.2, 0) is 9.47 Å². The van der Waals surface area contributed by atoms with Gasteiger partial charge in [-0.25, -0.2) is 0 Å². The minimum absolute atomic E-state index is 0.352. The molecule has 0 aromatic rings. The Bertz CT molecular complexity index is 402. The molecule has 2 rings (SSSR count). The van der Waals surface area contributed by atoms with Crippen molar-refractivity contribution in [3.63, 3.8) is 0 Å². The fourth-order valence-electron chi connectivity index (χ4n) is 3.92. The number of methoxy groups -OCH3 is 1. The van der Waals surface area contributed by atoms with Crippen LogP contribution in [-0.4, -0.2) is 52.5 Å². The Balaban J connectivity index is 1.86. The third-order valence-corrected chi connectivity index (χ3v) is 5.99. The Hall–Kier alpha value is -0.810. The maximum atomic E-state index is 5.62. The largest absolute Gasteiger partial charge is 0.385 e. The molecule has 2 saturated carbocycles. The van der Waals surface area contributed by atoms with Crippen molar-refractivity contribution >= 4 is 5.96 Å². The van der Waals surface area contributed by atoms with Gasteiger partial charge in [0.05, 0.1) is 0 Å². The van der Waals surface area contributed by atoms with Crippen molar-refractivity contribution in [1.29, 1.82) is 0 Å². The van der Waals surface area contributed by atoms with Crippen LogP contribution in [0.4, 0.5) is 0 Å². The quantitative estimate of drug-likeness (QED) is 0.321. The molecule has 2 N–H and O–H groups in total. The lowest BCUT2D eigenvalue weighted by atomic mass is 9.83. The van der Waals surface area contributed by atoms with Crippen LogP contribution in [0.1, 0.15) is 65.2 Å². The zero-order valence-corrected chi connectivity index (χ0v) is 16.7. The molecule has 25 heavy (non-hydrogen) atoms. The Kier molecular flexibility index (Phi) is 8.50. The van der Waals surface area contributed by atoms with Crippen molar-refractivity contribution in [2.75, 3.05) is 46.6 Å². The second-order valence-electron chi connectivity index (χ2n) is 7.95. The van der Waals surface area contributed by atoms with E-state index in [-0.39, 0.29) is 0 Å². The highest BCUT2D eigenvalue weighted by atomic mass is 16.5. The van der Waals surface area contributed by atoms with Gasteiger partial charge in [-0.15, -0.1) is 0 Å². The molecule has 0 heterocycles. The monoisotopic (exact) mass is 353 g/mol. The van der Waals surface area contributed by atoms with Crippen LogP contribution in [0.3, 0.4) is 0 Å². The molecule has 0 radical (unpaired) electrons. The molecule has 2 aliphatic carbocycles. The summed E-state index contributed by atoms with van der Waals surface area (Å²) in [6, 6.07) is 0. The zero-order valence-electron chi connectivity index (χ0n) is 16.7. The Labute approximate surface area is 154 Å². The first kappa shape index (κ1) is 20.5. The maximum Gasteiger partial charge on any atom is 0.191 e. The summed E-state index contributed by atoms with van der Waals surface area (Å²) in [6.45, 7) is 9.58. The zero-order chi connectivity index (χ0) is 18.0. The Morgan fingerprint density at radius 2 is 1.68 bits per heavy atom. The van der Waals surface area contributed by atoms with E-state index in [1.54, 1.807) is 7.11 Å². The summed E-state index contributed by atoms with van der Waals surface area (Å²) in [4.78, 5) is 4.97. The van der Waals surface area contributed by atoms with Gasteiger partial charge >= 0.3 is 0 Å². The molecule has 0 aromatic carbocycles. The van der Waals surface area contributed by atoms with Gasteiger partial charge in [-0.1, -0.05) is 12.8 Å². The van der Waals surface area contributed by atoms with Gasteiger partial charge in [0.15, 0.2) is 5.96 Å². The molecular weight excluding hydrogens is 314 g/mol. The van der Waals surface area contributed by atoms with Crippen LogP contribution in [0.5, 0.6) is 0 Å². The van der Waals surface area contributed by atoms with Gasteiger partial charge in [-0.05, 0) is 63.2 Å². The molecule has 0 bridgehead atoms. The van der Waals surface area contributed by atoms with E-state index in [1.807, 2.05) is 0 Å². The highest BCUT2D eigenvalue weighted by Gasteiger charge is 2.42. The molecule has 5 heteroatoms. The predicted molar refractivity (Wildman–Crippen MR) is 104 cm³/mol. The van der Waals surface area contributed by atoms with E-state index >= 15 is 0 Å². The first-order valence-electron chi connectivity index (χ1n) is 10.3. The topological polar surface area (TPSA) is 54.9 Å². The van der Waals surface area contributed by atoms with Crippen molar-refractivity contribution in [1.82, 2.24) is 10.6 Å². The van der Waals surface area contributed by atoms with E-state index in [0.717, 1.165) is 58.3 Å². The first-order valence-corrected chi connectivity index (χ1v) is 10.3. The van der Waals surface area contributed by atoms with Crippen molar-refractivity contribution in [2.45, 2.75) is 65.2 Å². The molecule has 0 aromatic heterocycles. The van der Waals surface area contributed by atoms with Gasteiger partial charge in [0.1, 0.15) is 0 Å². The van der Waals surface area contributed by atoms with Crippen LogP contribution in [0.25, 0.3) is 0 Å². The summed E-state index contributed by atoms with van der Waals surface area (Å²) in [7, 11) is 1.79. The maximum absolute atomic E-state index is 5.62. The minimum Gasteiger partial charge on any atom is -0.385 e. The summed E-state index contributed by atoms with van der Waals surface area (Å²) < 4.78 is 10.9. The molecular formula is C20H39N3O2. The minimum atomic E-state index is 0.352. The highest BCUT2D eigenvalue weighted by molar-refractivity contribution is 5.79. The number of hydrogen-bond donors (Lipinski definition) is 2. The SMILES string of the molecule is CCNC(=NCC1(CCOCC)CCCC1)NCC1(CCOC)CC1. The molecule has 0 amide bonds. The molecule has 0 unspecified atom stereocenters. The number of hydrogen-bond acceptors (Lipinski definition) is 3. The summed E-state index contributed by atoms with van der Waals surface area (Å²) in [5.74, 6) is 0.980. The van der Waals surface area contributed by atoms with Gasteiger partial charge in [0.25, 0.3) is 0 Å². The van der Waals surface area contributed by atoms with E-state index < -0.39 is 0 Å². The van der Waals surface area contributed by atoms with Crippen LogP contribution in [0, 0.1) is 10.8 Å². The molecule has 0 spiro atoms. The molecule has 146 valence electrons.